The van der Waals surface area contributed by atoms with Crippen LogP contribution in [0.15, 0.2) is 78.9 Å². The minimum Gasteiger partial charge on any atom is -0.497 e. The van der Waals surface area contributed by atoms with Crippen LogP contribution >= 0.6 is 0 Å². The molecule has 6 heteroatoms. The molecule has 0 N–H and O–H groups in total. The number of rotatable bonds is 9. The van der Waals surface area contributed by atoms with E-state index in [1.165, 1.54) is 0 Å². The van der Waals surface area contributed by atoms with Crippen molar-refractivity contribution in [3.8, 4) is 23.0 Å². The Kier molecular flexibility index (Phi) is 6.55. The lowest BCUT2D eigenvalue weighted by atomic mass is 10.2. The molecule has 3 aromatic rings. The Morgan fingerprint density at radius 3 is 2.11 bits per heavy atom. The molecular formula is C22H22O5S. The summed E-state index contributed by atoms with van der Waals surface area (Å²) in [6.45, 7) is 0.0797. The van der Waals surface area contributed by atoms with E-state index < -0.39 is 9.84 Å². The molecule has 0 unspecified atom stereocenters. The lowest BCUT2D eigenvalue weighted by molar-refractivity contribution is 0.339. The van der Waals surface area contributed by atoms with Crippen LogP contribution in [0.25, 0.3) is 0 Å². The number of benzene rings is 3. The third-order valence-electron chi connectivity index (χ3n) is 4.04. The molecule has 0 aliphatic heterocycles. The summed E-state index contributed by atoms with van der Waals surface area (Å²) < 4.78 is 41.5. The van der Waals surface area contributed by atoms with Gasteiger partial charge in [-0.15, -0.1) is 0 Å². The van der Waals surface area contributed by atoms with Crippen LogP contribution in [0.3, 0.4) is 0 Å². The summed E-state index contributed by atoms with van der Waals surface area (Å²) in [5.41, 5.74) is 0.621. The summed E-state index contributed by atoms with van der Waals surface area (Å²) in [5, 5.41) is 0. The molecule has 146 valence electrons. The van der Waals surface area contributed by atoms with E-state index in [0.29, 0.717) is 22.8 Å². The Hall–Kier alpha value is -2.99. The van der Waals surface area contributed by atoms with Gasteiger partial charge in [0.25, 0.3) is 0 Å². The number of ether oxygens (including phenoxy) is 3. The van der Waals surface area contributed by atoms with Gasteiger partial charge in [-0.2, -0.15) is 0 Å². The van der Waals surface area contributed by atoms with Gasteiger partial charge in [0.2, 0.25) is 0 Å². The maximum atomic E-state index is 12.5. The van der Waals surface area contributed by atoms with Gasteiger partial charge >= 0.3 is 0 Å². The van der Waals surface area contributed by atoms with Gasteiger partial charge in [0.15, 0.2) is 9.84 Å². The Labute approximate surface area is 165 Å². The first kappa shape index (κ1) is 19.8. The predicted molar refractivity (Wildman–Crippen MR) is 109 cm³/mol. The van der Waals surface area contributed by atoms with Gasteiger partial charge in [0.05, 0.1) is 18.6 Å². The highest BCUT2D eigenvalue weighted by Crippen LogP contribution is 2.26. The topological polar surface area (TPSA) is 61.8 Å². The van der Waals surface area contributed by atoms with Crippen molar-refractivity contribution in [2.75, 3.05) is 19.5 Å². The SMILES string of the molecule is COc1ccc(OCCS(=O)(=O)Cc2ccccc2Oc2ccccc2)cc1. The van der Waals surface area contributed by atoms with Gasteiger partial charge in [-0.05, 0) is 42.5 Å². The highest BCUT2D eigenvalue weighted by atomic mass is 32.2. The molecule has 0 aliphatic carbocycles. The van der Waals surface area contributed by atoms with E-state index in [1.807, 2.05) is 36.4 Å². The van der Waals surface area contributed by atoms with Gasteiger partial charge in [0, 0.05) is 5.56 Å². The van der Waals surface area contributed by atoms with Gasteiger partial charge < -0.3 is 14.2 Å². The van der Waals surface area contributed by atoms with Crippen LogP contribution in [0, 0.1) is 0 Å². The Morgan fingerprint density at radius 1 is 0.750 bits per heavy atom. The smallest absolute Gasteiger partial charge is 0.157 e. The first-order chi connectivity index (χ1) is 13.6. The van der Waals surface area contributed by atoms with Crippen LogP contribution in [0.5, 0.6) is 23.0 Å². The van der Waals surface area contributed by atoms with Crippen molar-refractivity contribution in [2.24, 2.45) is 0 Å². The highest BCUT2D eigenvalue weighted by molar-refractivity contribution is 7.90. The number of sulfone groups is 1. The quantitative estimate of drug-likeness (QED) is 0.532. The average molecular weight is 398 g/mol. The Morgan fingerprint density at radius 2 is 1.39 bits per heavy atom. The van der Waals surface area contributed by atoms with Crippen molar-refractivity contribution in [3.05, 3.63) is 84.4 Å². The number of hydrogen-bond acceptors (Lipinski definition) is 5. The van der Waals surface area contributed by atoms with Crippen LogP contribution < -0.4 is 14.2 Å². The molecular weight excluding hydrogens is 376 g/mol. The van der Waals surface area contributed by atoms with E-state index in [0.717, 1.165) is 5.75 Å². The molecule has 0 atom stereocenters. The molecule has 0 bridgehead atoms. The molecule has 0 aromatic heterocycles. The lowest BCUT2D eigenvalue weighted by Gasteiger charge is -2.12. The fraction of sp³-hybridized carbons (Fsp3) is 0.182. The fourth-order valence-electron chi connectivity index (χ4n) is 2.61. The highest BCUT2D eigenvalue weighted by Gasteiger charge is 2.16. The van der Waals surface area contributed by atoms with Gasteiger partial charge in [0.1, 0.15) is 29.6 Å². The van der Waals surface area contributed by atoms with E-state index in [9.17, 15) is 8.42 Å². The first-order valence-electron chi connectivity index (χ1n) is 8.84. The van der Waals surface area contributed by atoms with Crippen LogP contribution in [0.2, 0.25) is 0 Å². The molecule has 0 radical (unpaired) electrons. The zero-order valence-electron chi connectivity index (χ0n) is 15.6. The maximum absolute atomic E-state index is 12.5. The molecule has 0 spiro atoms. The van der Waals surface area contributed by atoms with Crippen LogP contribution in [-0.2, 0) is 15.6 Å². The molecule has 0 aliphatic rings. The number of para-hydroxylation sites is 2. The van der Waals surface area contributed by atoms with Gasteiger partial charge in [-0.3, -0.25) is 0 Å². The van der Waals surface area contributed by atoms with E-state index in [2.05, 4.69) is 0 Å². The predicted octanol–water partition coefficient (Wildman–Crippen LogP) is 4.48. The van der Waals surface area contributed by atoms with Crippen molar-refractivity contribution in [1.29, 1.82) is 0 Å². The minimum absolute atomic E-state index is 0.0797. The average Bonchev–Trinajstić information content (AvgIpc) is 2.70. The van der Waals surface area contributed by atoms with E-state index in [4.69, 9.17) is 14.2 Å². The lowest BCUT2D eigenvalue weighted by Crippen LogP contribution is -2.16. The second-order valence-electron chi connectivity index (χ2n) is 6.14. The normalized spacial score (nSPS) is 11.0. The third kappa shape index (κ3) is 5.76. The van der Waals surface area contributed by atoms with E-state index >= 15 is 0 Å². The first-order valence-corrected chi connectivity index (χ1v) is 10.7. The van der Waals surface area contributed by atoms with Crippen molar-refractivity contribution in [1.82, 2.24) is 0 Å². The van der Waals surface area contributed by atoms with E-state index in [1.54, 1.807) is 49.6 Å². The van der Waals surface area contributed by atoms with Crippen LogP contribution in [0.4, 0.5) is 0 Å². The second kappa shape index (κ2) is 9.28. The molecule has 0 amide bonds. The number of hydrogen-bond donors (Lipinski definition) is 0. The summed E-state index contributed by atoms with van der Waals surface area (Å²) in [6, 6.07) is 23.5. The summed E-state index contributed by atoms with van der Waals surface area (Å²) in [5.74, 6) is 2.32. The molecule has 3 aromatic carbocycles. The zero-order valence-corrected chi connectivity index (χ0v) is 16.4. The molecule has 28 heavy (non-hydrogen) atoms. The third-order valence-corrected chi connectivity index (χ3v) is 5.58. The van der Waals surface area contributed by atoms with E-state index in [-0.39, 0.29) is 18.1 Å². The zero-order chi connectivity index (χ0) is 19.8. The van der Waals surface area contributed by atoms with Crippen LogP contribution in [0.1, 0.15) is 5.56 Å². The van der Waals surface area contributed by atoms with Crippen molar-refractivity contribution in [3.63, 3.8) is 0 Å². The standard InChI is InChI=1S/C22H22O5S/c1-25-19-11-13-20(14-12-19)26-15-16-28(23,24)17-18-7-5-6-10-22(18)27-21-8-3-2-4-9-21/h2-14H,15-17H2,1H3. The monoisotopic (exact) mass is 398 g/mol. The molecule has 0 saturated carbocycles. The van der Waals surface area contributed by atoms with Gasteiger partial charge in [-0.1, -0.05) is 36.4 Å². The van der Waals surface area contributed by atoms with Gasteiger partial charge in [-0.25, -0.2) is 8.42 Å². The second-order valence-corrected chi connectivity index (χ2v) is 8.32. The molecule has 0 heterocycles. The molecule has 0 fully saturated rings. The Balaban J connectivity index is 1.60. The van der Waals surface area contributed by atoms with Crippen molar-refractivity contribution in [2.45, 2.75) is 5.75 Å². The van der Waals surface area contributed by atoms with Crippen molar-refractivity contribution < 1.29 is 22.6 Å². The summed E-state index contributed by atoms with van der Waals surface area (Å²) >= 11 is 0. The summed E-state index contributed by atoms with van der Waals surface area (Å²) in [7, 11) is -1.78. The largest absolute Gasteiger partial charge is 0.497 e. The van der Waals surface area contributed by atoms with Crippen LogP contribution in [-0.4, -0.2) is 27.9 Å². The molecule has 5 nitrogen and oxygen atoms in total. The Bertz CT molecular complexity index is 983. The summed E-state index contributed by atoms with van der Waals surface area (Å²) in [4.78, 5) is 0. The van der Waals surface area contributed by atoms with Crippen molar-refractivity contribution >= 4 is 9.84 Å². The minimum atomic E-state index is -3.36. The summed E-state index contributed by atoms with van der Waals surface area (Å²) in [6.07, 6.45) is 0. The molecule has 0 saturated heterocycles. The number of methoxy groups -OCH3 is 1. The fourth-order valence-corrected chi connectivity index (χ4v) is 3.80. The molecule has 3 rings (SSSR count). The maximum Gasteiger partial charge on any atom is 0.157 e.